The molecule has 1 aliphatic heterocycles. The highest BCUT2D eigenvalue weighted by Crippen LogP contribution is 2.25. The van der Waals surface area contributed by atoms with Crippen LogP contribution >= 0.6 is 0 Å². The van der Waals surface area contributed by atoms with Gasteiger partial charge in [0.1, 0.15) is 6.10 Å². The van der Waals surface area contributed by atoms with Gasteiger partial charge in [0.15, 0.2) is 0 Å². The molecule has 0 amide bonds. The first-order valence-electron chi connectivity index (χ1n) is 6.15. The first-order valence-corrected chi connectivity index (χ1v) is 6.15. The monoisotopic (exact) mass is 235 g/mol. The van der Waals surface area contributed by atoms with Crippen LogP contribution in [0.2, 0.25) is 0 Å². The molecular weight excluding hydrogens is 218 g/mol. The molecule has 2 atom stereocenters. The first kappa shape index (κ1) is 10.9. The molecule has 3 rings (SSSR count). The average Bonchev–Trinajstić information content (AvgIpc) is 3.14. The SMILES string of the molecule is CC1COCC(c2ccc(OC3CC3)nn2)N1. The van der Waals surface area contributed by atoms with Crippen LogP contribution in [-0.2, 0) is 4.74 Å². The highest BCUT2D eigenvalue weighted by Gasteiger charge is 2.25. The fraction of sp³-hybridized carbons (Fsp3) is 0.667. The van der Waals surface area contributed by atoms with E-state index >= 15 is 0 Å². The number of hydrogen-bond acceptors (Lipinski definition) is 5. The molecule has 5 heteroatoms. The number of aromatic nitrogens is 2. The first-order chi connectivity index (χ1) is 8.31. The van der Waals surface area contributed by atoms with Crippen LogP contribution < -0.4 is 10.1 Å². The number of morpholine rings is 1. The zero-order valence-corrected chi connectivity index (χ0v) is 9.93. The molecule has 0 spiro atoms. The summed E-state index contributed by atoms with van der Waals surface area (Å²) in [7, 11) is 0. The molecule has 1 aliphatic carbocycles. The Morgan fingerprint density at radius 3 is 2.82 bits per heavy atom. The Morgan fingerprint density at radius 2 is 2.18 bits per heavy atom. The van der Waals surface area contributed by atoms with Crippen LogP contribution in [0.4, 0.5) is 0 Å². The summed E-state index contributed by atoms with van der Waals surface area (Å²) in [5, 5.41) is 11.7. The second kappa shape index (κ2) is 4.58. The van der Waals surface area contributed by atoms with E-state index < -0.39 is 0 Å². The predicted molar refractivity (Wildman–Crippen MR) is 61.8 cm³/mol. The normalized spacial score (nSPS) is 29.0. The zero-order valence-electron chi connectivity index (χ0n) is 9.93. The molecule has 5 nitrogen and oxygen atoms in total. The van der Waals surface area contributed by atoms with Crippen LogP contribution in [-0.4, -0.2) is 35.6 Å². The second-order valence-electron chi connectivity index (χ2n) is 4.77. The Morgan fingerprint density at radius 1 is 1.29 bits per heavy atom. The van der Waals surface area contributed by atoms with Crippen molar-refractivity contribution in [1.29, 1.82) is 0 Å². The van der Waals surface area contributed by atoms with Gasteiger partial charge >= 0.3 is 0 Å². The van der Waals surface area contributed by atoms with Crippen LogP contribution in [0, 0.1) is 0 Å². The number of nitrogens with one attached hydrogen (secondary N) is 1. The van der Waals surface area contributed by atoms with Crippen molar-refractivity contribution in [1.82, 2.24) is 15.5 Å². The summed E-state index contributed by atoms with van der Waals surface area (Å²) in [5.74, 6) is 0.626. The maximum Gasteiger partial charge on any atom is 0.233 e. The van der Waals surface area contributed by atoms with Crippen molar-refractivity contribution in [2.45, 2.75) is 38.0 Å². The molecule has 1 saturated heterocycles. The van der Waals surface area contributed by atoms with Gasteiger partial charge in [-0.15, -0.1) is 5.10 Å². The van der Waals surface area contributed by atoms with Crippen molar-refractivity contribution < 1.29 is 9.47 Å². The summed E-state index contributed by atoms with van der Waals surface area (Å²) in [6.07, 6.45) is 2.64. The lowest BCUT2D eigenvalue weighted by atomic mass is 10.1. The summed E-state index contributed by atoms with van der Waals surface area (Å²) < 4.78 is 11.1. The highest BCUT2D eigenvalue weighted by atomic mass is 16.5. The van der Waals surface area contributed by atoms with Crippen molar-refractivity contribution >= 4 is 0 Å². The fourth-order valence-electron chi connectivity index (χ4n) is 1.91. The second-order valence-corrected chi connectivity index (χ2v) is 4.77. The predicted octanol–water partition coefficient (Wildman–Crippen LogP) is 1.07. The lowest BCUT2D eigenvalue weighted by molar-refractivity contribution is 0.0488. The van der Waals surface area contributed by atoms with Gasteiger partial charge in [-0.05, 0) is 25.8 Å². The molecule has 1 saturated carbocycles. The van der Waals surface area contributed by atoms with Gasteiger partial charge in [-0.25, -0.2) is 0 Å². The lowest BCUT2D eigenvalue weighted by Gasteiger charge is -2.28. The average molecular weight is 235 g/mol. The van der Waals surface area contributed by atoms with E-state index in [1.807, 2.05) is 12.1 Å². The smallest absolute Gasteiger partial charge is 0.233 e. The number of hydrogen-bond donors (Lipinski definition) is 1. The highest BCUT2D eigenvalue weighted by molar-refractivity contribution is 5.15. The summed E-state index contributed by atoms with van der Waals surface area (Å²) in [6, 6.07) is 4.35. The van der Waals surface area contributed by atoms with Crippen LogP contribution in [0.5, 0.6) is 5.88 Å². The van der Waals surface area contributed by atoms with Gasteiger partial charge in [0.25, 0.3) is 0 Å². The minimum absolute atomic E-state index is 0.140. The van der Waals surface area contributed by atoms with Crippen LogP contribution in [0.15, 0.2) is 12.1 Å². The van der Waals surface area contributed by atoms with Gasteiger partial charge in [0.2, 0.25) is 5.88 Å². The van der Waals surface area contributed by atoms with Gasteiger partial charge < -0.3 is 14.8 Å². The van der Waals surface area contributed by atoms with E-state index in [0.717, 1.165) is 25.1 Å². The van der Waals surface area contributed by atoms with E-state index in [1.165, 1.54) is 0 Å². The molecule has 2 fully saturated rings. The van der Waals surface area contributed by atoms with Crippen molar-refractivity contribution in [3.05, 3.63) is 17.8 Å². The number of nitrogens with zero attached hydrogens (tertiary/aromatic N) is 2. The van der Waals surface area contributed by atoms with Crippen molar-refractivity contribution in [3.8, 4) is 5.88 Å². The maximum atomic E-state index is 5.56. The van der Waals surface area contributed by atoms with Crippen molar-refractivity contribution in [2.75, 3.05) is 13.2 Å². The summed E-state index contributed by atoms with van der Waals surface area (Å²) >= 11 is 0. The molecule has 0 bridgehead atoms. The van der Waals surface area contributed by atoms with E-state index in [0.29, 0.717) is 24.6 Å². The van der Waals surface area contributed by atoms with Crippen LogP contribution in [0.3, 0.4) is 0 Å². The topological polar surface area (TPSA) is 56.3 Å². The fourth-order valence-corrected chi connectivity index (χ4v) is 1.91. The zero-order chi connectivity index (χ0) is 11.7. The van der Waals surface area contributed by atoms with Gasteiger partial charge in [0.05, 0.1) is 24.9 Å². The van der Waals surface area contributed by atoms with E-state index in [1.54, 1.807) is 0 Å². The molecule has 0 radical (unpaired) electrons. The Kier molecular flexibility index (Phi) is 2.94. The Hall–Kier alpha value is -1.20. The van der Waals surface area contributed by atoms with Gasteiger partial charge in [-0.1, -0.05) is 0 Å². The molecule has 92 valence electrons. The molecule has 2 aliphatic rings. The van der Waals surface area contributed by atoms with Crippen LogP contribution in [0.1, 0.15) is 31.5 Å². The Labute approximate surface area is 101 Å². The van der Waals surface area contributed by atoms with Gasteiger partial charge in [0, 0.05) is 12.1 Å². The third kappa shape index (κ3) is 2.73. The van der Waals surface area contributed by atoms with E-state index in [2.05, 4.69) is 22.4 Å². The molecule has 2 unspecified atom stereocenters. The Balaban J connectivity index is 1.65. The van der Waals surface area contributed by atoms with E-state index in [9.17, 15) is 0 Å². The van der Waals surface area contributed by atoms with Gasteiger partial charge in [-0.3, -0.25) is 0 Å². The minimum Gasteiger partial charge on any atom is -0.473 e. The largest absolute Gasteiger partial charge is 0.473 e. The summed E-state index contributed by atoms with van der Waals surface area (Å²) in [5.41, 5.74) is 0.916. The quantitative estimate of drug-likeness (QED) is 0.849. The molecule has 1 aromatic rings. The maximum absolute atomic E-state index is 5.56. The molecule has 1 aromatic heterocycles. The molecular formula is C12H17N3O2. The molecule has 1 N–H and O–H groups in total. The van der Waals surface area contributed by atoms with E-state index in [-0.39, 0.29) is 6.04 Å². The molecule has 0 aromatic carbocycles. The number of rotatable bonds is 3. The van der Waals surface area contributed by atoms with Crippen LogP contribution in [0.25, 0.3) is 0 Å². The standard InChI is InChI=1S/C12H17N3O2/c1-8-6-16-7-11(13-8)10-4-5-12(15-14-10)17-9-2-3-9/h4-5,8-9,11,13H,2-3,6-7H2,1H3. The summed E-state index contributed by atoms with van der Waals surface area (Å²) in [4.78, 5) is 0. The van der Waals surface area contributed by atoms with Crippen molar-refractivity contribution in [2.24, 2.45) is 0 Å². The summed E-state index contributed by atoms with van der Waals surface area (Å²) in [6.45, 7) is 3.51. The Bertz CT molecular complexity index is 378. The lowest BCUT2D eigenvalue weighted by Crippen LogP contribution is -2.42. The van der Waals surface area contributed by atoms with E-state index in [4.69, 9.17) is 9.47 Å². The molecule has 2 heterocycles. The van der Waals surface area contributed by atoms with Crippen molar-refractivity contribution in [3.63, 3.8) is 0 Å². The minimum atomic E-state index is 0.140. The van der Waals surface area contributed by atoms with Gasteiger partial charge in [-0.2, -0.15) is 5.10 Å². The third-order valence-corrected chi connectivity index (χ3v) is 2.97. The third-order valence-electron chi connectivity index (χ3n) is 2.97. The number of ether oxygens (including phenoxy) is 2. The molecule has 17 heavy (non-hydrogen) atoms.